The highest BCUT2D eigenvalue weighted by molar-refractivity contribution is 7.80. The first-order chi connectivity index (χ1) is 3.41. The van der Waals surface area contributed by atoms with Gasteiger partial charge in [-0.1, -0.05) is 0 Å². The van der Waals surface area contributed by atoms with Crippen LogP contribution in [0.25, 0.3) is 0 Å². The summed E-state index contributed by atoms with van der Waals surface area (Å²) in [6.45, 7) is 1.29. The van der Waals surface area contributed by atoms with Gasteiger partial charge in [-0.15, -0.1) is 0 Å². The lowest BCUT2D eigenvalue weighted by atomic mass is 10.8. The number of rotatable bonds is 4. The summed E-state index contributed by atoms with van der Waals surface area (Å²) < 4.78 is 9.50. The van der Waals surface area contributed by atoms with E-state index in [1.165, 1.54) is 0 Å². The van der Waals surface area contributed by atoms with Crippen LogP contribution in [0.4, 0.5) is 0 Å². The van der Waals surface area contributed by atoms with Gasteiger partial charge in [-0.2, -0.15) is 12.6 Å². The Labute approximate surface area is 49.2 Å². The molecule has 0 fully saturated rings. The molecule has 0 saturated heterocycles. The molecule has 2 nitrogen and oxygen atoms in total. The second kappa shape index (κ2) is 6.27. The first kappa shape index (κ1) is 7.27. The fraction of sp³-hybridized carbons (Fsp3) is 1.00. The Morgan fingerprint density at radius 1 is 1.43 bits per heavy atom. The van der Waals surface area contributed by atoms with Crippen molar-refractivity contribution in [1.82, 2.24) is 0 Å². The van der Waals surface area contributed by atoms with Crippen molar-refractivity contribution in [3.8, 4) is 0 Å². The van der Waals surface area contributed by atoms with Crippen molar-refractivity contribution >= 4 is 12.6 Å². The van der Waals surface area contributed by atoms with Gasteiger partial charge in [-0.25, -0.2) is 0 Å². The van der Waals surface area contributed by atoms with E-state index in [0.717, 1.165) is 0 Å². The van der Waals surface area contributed by atoms with Crippen molar-refractivity contribution in [2.24, 2.45) is 0 Å². The molecule has 0 aromatic heterocycles. The maximum Gasteiger partial charge on any atom is 0.0893 e. The molecule has 0 N–H and O–H groups in total. The number of thiol groups is 1. The molecule has 0 aliphatic rings. The molecule has 0 amide bonds. The number of hydrogen-bond acceptors (Lipinski definition) is 3. The molecule has 0 bridgehead atoms. The lowest BCUT2D eigenvalue weighted by Crippen LogP contribution is -1.99. The van der Waals surface area contributed by atoms with Crippen molar-refractivity contribution in [3.63, 3.8) is 0 Å². The van der Waals surface area contributed by atoms with Crippen molar-refractivity contribution in [2.45, 2.75) is 0 Å². The predicted octanol–water partition coefficient (Wildman–Crippen LogP) is 0.537. The van der Waals surface area contributed by atoms with E-state index in [4.69, 9.17) is 4.74 Å². The standard InChI is InChI=1S/C4H10O2S/c1-5-2-3-6-4-7/h7H,2-4H2,1H3. The van der Waals surface area contributed by atoms with Gasteiger partial charge >= 0.3 is 0 Å². The lowest BCUT2D eigenvalue weighted by molar-refractivity contribution is 0.0958. The highest BCUT2D eigenvalue weighted by Crippen LogP contribution is 1.76. The number of ether oxygens (including phenoxy) is 2. The van der Waals surface area contributed by atoms with Crippen LogP contribution >= 0.6 is 12.6 Å². The van der Waals surface area contributed by atoms with Crippen molar-refractivity contribution in [3.05, 3.63) is 0 Å². The van der Waals surface area contributed by atoms with Crippen LogP contribution in [0.5, 0.6) is 0 Å². The second-order valence-electron chi connectivity index (χ2n) is 1.03. The summed E-state index contributed by atoms with van der Waals surface area (Å²) in [6, 6.07) is 0. The first-order valence-corrected chi connectivity index (χ1v) is 2.72. The third kappa shape index (κ3) is 6.27. The minimum absolute atomic E-state index is 0.476. The lowest BCUT2D eigenvalue weighted by Gasteiger charge is -1.95. The average molecular weight is 122 g/mol. The fourth-order valence-corrected chi connectivity index (χ4v) is 0.336. The van der Waals surface area contributed by atoms with Crippen molar-refractivity contribution in [1.29, 1.82) is 0 Å². The van der Waals surface area contributed by atoms with Gasteiger partial charge in [0.15, 0.2) is 0 Å². The van der Waals surface area contributed by atoms with Gasteiger partial charge in [0, 0.05) is 7.11 Å². The predicted molar refractivity (Wildman–Crippen MR) is 31.7 cm³/mol. The fourth-order valence-electron chi connectivity index (χ4n) is 0.207. The topological polar surface area (TPSA) is 18.5 Å². The molecule has 0 aliphatic heterocycles. The van der Waals surface area contributed by atoms with Crippen LogP contribution in [-0.2, 0) is 9.47 Å². The molecule has 0 aromatic rings. The Kier molecular flexibility index (Phi) is 6.51. The van der Waals surface area contributed by atoms with Crippen LogP contribution in [0.1, 0.15) is 0 Å². The Morgan fingerprint density at radius 2 is 2.14 bits per heavy atom. The van der Waals surface area contributed by atoms with Crippen molar-refractivity contribution < 1.29 is 9.47 Å². The quantitative estimate of drug-likeness (QED) is 0.333. The highest BCUT2D eigenvalue weighted by atomic mass is 32.1. The summed E-state index contributed by atoms with van der Waals surface area (Å²) in [4.78, 5) is 0. The highest BCUT2D eigenvalue weighted by Gasteiger charge is 1.78. The molecule has 0 rings (SSSR count). The zero-order valence-electron chi connectivity index (χ0n) is 4.39. The van der Waals surface area contributed by atoms with Crippen LogP contribution in [0.2, 0.25) is 0 Å². The summed E-state index contributed by atoms with van der Waals surface area (Å²) in [6.07, 6.45) is 0. The van der Waals surface area contributed by atoms with Crippen LogP contribution in [0.15, 0.2) is 0 Å². The SMILES string of the molecule is COCCOCS. The molecule has 0 unspecified atom stereocenters. The van der Waals surface area contributed by atoms with E-state index in [2.05, 4.69) is 17.4 Å². The summed E-state index contributed by atoms with van der Waals surface area (Å²) in [7, 11) is 1.64. The molecule has 0 saturated carbocycles. The Morgan fingerprint density at radius 3 is 2.57 bits per heavy atom. The third-order valence-corrected chi connectivity index (χ3v) is 0.706. The normalized spacial score (nSPS) is 9.43. The van der Waals surface area contributed by atoms with Gasteiger partial charge in [-0.3, -0.25) is 0 Å². The van der Waals surface area contributed by atoms with Crippen molar-refractivity contribution in [2.75, 3.05) is 26.3 Å². The van der Waals surface area contributed by atoms with E-state index >= 15 is 0 Å². The maximum absolute atomic E-state index is 4.81. The van der Waals surface area contributed by atoms with Crippen LogP contribution in [0.3, 0.4) is 0 Å². The largest absolute Gasteiger partial charge is 0.382 e. The van der Waals surface area contributed by atoms with Gasteiger partial charge < -0.3 is 9.47 Å². The van der Waals surface area contributed by atoms with E-state index in [0.29, 0.717) is 19.2 Å². The molecule has 0 aliphatic carbocycles. The Bertz CT molecular complexity index is 28.9. The summed E-state index contributed by atoms with van der Waals surface area (Å²) in [5.41, 5.74) is 0. The molecule has 0 atom stereocenters. The number of methoxy groups -OCH3 is 1. The van der Waals surface area contributed by atoms with E-state index in [1.54, 1.807) is 7.11 Å². The van der Waals surface area contributed by atoms with E-state index < -0.39 is 0 Å². The minimum atomic E-state index is 0.476. The van der Waals surface area contributed by atoms with Gasteiger partial charge in [0.25, 0.3) is 0 Å². The molecule has 0 spiro atoms. The molecular formula is C4H10O2S. The van der Waals surface area contributed by atoms with E-state index in [-0.39, 0.29) is 0 Å². The molecule has 7 heavy (non-hydrogen) atoms. The van der Waals surface area contributed by atoms with Crippen LogP contribution < -0.4 is 0 Å². The average Bonchev–Trinajstić information content (AvgIpc) is 1.69. The first-order valence-electron chi connectivity index (χ1n) is 2.09. The Balaban J connectivity index is 2.45. The van der Waals surface area contributed by atoms with Gasteiger partial charge in [0.1, 0.15) is 0 Å². The molecule has 44 valence electrons. The molecule has 3 heteroatoms. The summed E-state index contributed by atoms with van der Waals surface area (Å²) in [5, 5.41) is 0. The minimum Gasteiger partial charge on any atom is -0.382 e. The monoisotopic (exact) mass is 122 g/mol. The second-order valence-corrected chi connectivity index (χ2v) is 1.29. The molecule has 0 heterocycles. The molecule has 0 radical (unpaired) electrons. The van der Waals surface area contributed by atoms with Crippen LogP contribution in [-0.4, -0.2) is 26.3 Å². The zero-order valence-corrected chi connectivity index (χ0v) is 5.28. The van der Waals surface area contributed by atoms with Gasteiger partial charge in [0.2, 0.25) is 0 Å². The third-order valence-electron chi connectivity index (χ3n) is 0.523. The Hall–Kier alpha value is 0.270. The summed E-state index contributed by atoms with van der Waals surface area (Å²) >= 11 is 3.82. The van der Waals surface area contributed by atoms with E-state index in [9.17, 15) is 0 Å². The molecular weight excluding hydrogens is 112 g/mol. The van der Waals surface area contributed by atoms with Crippen LogP contribution in [0, 0.1) is 0 Å². The summed E-state index contributed by atoms with van der Waals surface area (Å²) in [5.74, 6) is 0.476. The van der Waals surface area contributed by atoms with Gasteiger partial charge in [0.05, 0.1) is 19.2 Å². The van der Waals surface area contributed by atoms with E-state index in [1.807, 2.05) is 0 Å². The maximum atomic E-state index is 4.81. The smallest absolute Gasteiger partial charge is 0.0893 e. The van der Waals surface area contributed by atoms with Gasteiger partial charge in [-0.05, 0) is 0 Å². The number of hydrogen-bond donors (Lipinski definition) is 1. The zero-order chi connectivity index (χ0) is 5.54. The molecule has 0 aromatic carbocycles.